The second kappa shape index (κ2) is 8.98. The first-order valence-electron chi connectivity index (χ1n) is 7.41. The van der Waals surface area contributed by atoms with Gasteiger partial charge in [0.05, 0.1) is 10.5 Å². The Morgan fingerprint density at radius 3 is 2.07 bits per heavy atom. The quantitative estimate of drug-likeness (QED) is 0.212. The summed E-state index contributed by atoms with van der Waals surface area (Å²) in [5.41, 5.74) is 12.7. The maximum absolute atomic E-state index is 11.4. The molecule has 0 bridgehead atoms. The van der Waals surface area contributed by atoms with E-state index in [2.05, 4.69) is 5.16 Å². The Bertz CT molecular complexity index is 1030. The van der Waals surface area contributed by atoms with Crippen LogP contribution < -0.4 is 11.5 Å². The summed E-state index contributed by atoms with van der Waals surface area (Å²) in [5.74, 6) is 0.113. The zero-order valence-electron chi connectivity index (χ0n) is 14.2. The van der Waals surface area contributed by atoms with E-state index in [-0.39, 0.29) is 59.0 Å². The summed E-state index contributed by atoms with van der Waals surface area (Å²) in [6.07, 6.45) is 0. The molecular formula is C17H16Cl2N6O3. The van der Waals surface area contributed by atoms with Crippen molar-refractivity contribution in [3.05, 3.63) is 69.8 Å². The molecule has 0 aliphatic heterocycles. The standard InChI is InChI=1S/C17H14N6O3.2ClH/c18-16(19)10-3-1-9(2-4-10)15-8-13(22-26-15)12-6-5-11(17(20)21)7-14(12)23(24)25;;/h1-8H,(H3,18,19)(H3,20,21);2*1H. The van der Waals surface area contributed by atoms with Crippen LogP contribution in [-0.2, 0) is 0 Å². The molecular weight excluding hydrogens is 407 g/mol. The summed E-state index contributed by atoms with van der Waals surface area (Å²) in [6.45, 7) is 0. The van der Waals surface area contributed by atoms with Crippen molar-refractivity contribution in [2.75, 3.05) is 0 Å². The Morgan fingerprint density at radius 2 is 1.54 bits per heavy atom. The van der Waals surface area contributed by atoms with Crippen LogP contribution in [0.15, 0.2) is 53.1 Å². The van der Waals surface area contributed by atoms with Gasteiger partial charge in [0, 0.05) is 28.8 Å². The van der Waals surface area contributed by atoms with Crippen LogP contribution in [0.1, 0.15) is 11.1 Å². The highest BCUT2D eigenvalue weighted by Crippen LogP contribution is 2.32. The molecule has 3 aromatic rings. The van der Waals surface area contributed by atoms with Crippen molar-refractivity contribution >= 4 is 42.2 Å². The van der Waals surface area contributed by atoms with Gasteiger partial charge in [0.2, 0.25) is 0 Å². The highest BCUT2D eigenvalue weighted by molar-refractivity contribution is 5.97. The number of rotatable bonds is 5. The van der Waals surface area contributed by atoms with E-state index in [4.69, 9.17) is 26.8 Å². The van der Waals surface area contributed by atoms with Gasteiger partial charge in [-0.15, -0.1) is 24.8 Å². The molecule has 3 rings (SSSR count). The third-order valence-electron chi connectivity index (χ3n) is 3.77. The molecule has 0 saturated carbocycles. The number of hydrogen-bond acceptors (Lipinski definition) is 6. The van der Waals surface area contributed by atoms with E-state index >= 15 is 0 Å². The van der Waals surface area contributed by atoms with E-state index in [0.29, 0.717) is 16.9 Å². The molecule has 0 fully saturated rings. The minimum Gasteiger partial charge on any atom is -0.384 e. The first-order valence-corrected chi connectivity index (χ1v) is 7.41. The van der Waals surface area contributed by atoms with Crippen molar-refractivity contribution in [1.29, 1.82) is 10.8 Å². The molecule has 9 nitrogen and oxygen atoms in total. The first-order chi connectivity index (χ1) is 12.4. The maximum Gasteiger partial charge on any atom is 0.279 e. The number of nitrogens with two attached hydrogens (primary N) is 2. The van der Waals surface area contributed by atoms with Crippen LogP contribution in [0.4, 0.5) is 5.69 Å². The largest absolute Gasteiger partial charge is 0.384 e. The molecule has 2 aromatic carbocycles. The van der Waals surface area contributed by atoms with Crippen molar-refractivity contribution in [2.45, 2.75) is 0 Å². The lowest BCUT2D eigenvalue weighted by atomic mass is 10.0. The Morgan fingerprint density at radius 1 is 0.964 bits per heavy atom. The van der Waals surface area contributed by atoms with Crippen LogP contribution in [0.3, 0.4) is 0 Å². The number of nitrogens with one attached hydrogen (secondary N) is 2. The Balaban J connectivity index is 0.00000196. The van der Waals surface area contributed by atoms with Gasteiger partial charge in [-0.3, -0.25) is 20.9 Å². The average molecular weight is 423 g/mol. The second-order valence-electron chi connectivity index (χ2n) is 5.47. The molecule has 0 unspecified atom stereocenters. The minimum atomic E-state index is -0.558. The fourth-order valence-corrected chi connectivity index (χ4v) is 2.42. The maximum atomic E-state index is 11.4. The van der Waals surface area contributed by atoms with Crippen molar-refractivity contribution in [2.24, 2.45) is 11.5 Å². The van der Waals surface area contributed by atoms with Gasteiger partial charge < -0.3 is 16.0 Å². The van der Waals surface area contributed by atoms with E-state index in [1.807, 2.05) is 0 Å². The van der Waals surface area contributed by atoms with Crippen LogP contribution in [-0.4, -0.2) is 21.8 Å². The average Bonchev–Trinajstić information content (AvgIpc) is 3.11. The van der Waals surface area contributed by atoms with Crippen LogP contribution in [0, 0.1) is 20.9 Å². The van der Waals surface area contributed by atoms with Crippen LogP contribution in [0.25, 0.3) is 22.6 Å². The van der Waals surface area contributed by atoms with E-state index < -0.39 is 4.92 Å². The van der Waals surface area contributed by atoms with Crippen molar-refractivity contribution in [1.82, 2.24) is 5.16 Å². The van der Waals surface area contributed by atoms with Crippen molar-refractivity contribution in [3.8, 4) is 22.6 Å². The number of nitro benzene ring substituents is 1. The van der Waals surface area contributed by atoms with Gasteiger partial charge in [0.25, 0.3) is 5.69 Å². The van der Waals surface area contributed by atoms with Crippen LogP contribution >= 0.6 is 24.8 Å². The predicted molar refractivity (Wildman–Crippen MR) is 111 cm³/mol. The molecule has 0 saturated heterocycles. The van der Waals surface area contributed by atoms with E-state index in [9.17, 15) is 10.1 Å². The van der Waals surface area contributed by atoms with Gasteiger partial charge in [-0.25, -0.2) is 0 Å². The molecule has 0 radical (unpaired) electrons. The van der Waals surface area contributed by atoms with Gasteiger partial charge in [0.15, 0.2) is 5.76 Å². The summed E-state index contributed by atoms with van der Waals surface area (Å²) in [4.78, 5) is 10.8. The van der Waals surface area contributed by atoms with Crippen LogP contribution in [0.5, 0.6) is 0 Å². The molecule has 146 valence electrons. The molecule has 11 heteroatoms. The number of amidine groups is 2. The van der Waals surface area contributed by atoms with Gasteiger partial charge in [0.1, 0.15) is 17.4 Å². The lowest BCUT2D eigenvalue weighted by molar-refractivity contribution is -0.384. The number of nitrogens with zero attached hydrogens (tertiary/aromatic N) is 2. The van der Waals surface area contributed by atoms with E-state index in [1.54, 1.807) is 30.3 Å². The first kappa shape index (κ1) is 22.6. The van der Waals surface area contributed by atoms with Gasteiger partial charge in [-0.1, -0.05) is 35.5 Å². The molecule has 6 N–H and O–H groups in total. The molecule has 0 spiro atoms. The van der Waals surface area contributed by atoms with Gasteiger partial charge in [-0.05, 0) is 6.07 Å². The molecule has 0 atom stereocenters. The number of halogens is 2. The zero-order valence-corrected chi connectivity index (χ0v) is 15.8. The molecule has 0 aliphatic rings. The SMILES string of the molecule is Cl.Cl.N=C(N)c1ccc(-c2cc(-c3ccc(C(=N)N)cc3[N+](=O)[O-])no2)cc1. The molecule has 1 heterocycles. The Labute approximate surface area is 171 Å². The Hall–Kier alpha value is -3.43. The summed E-state index contributed by atoms with van der Waals surface area (Å²) in [7, 11) is 0. The highest BCUT2D eigenvalue weighted by atomic mass is 35.5. The summed E-state index contributed by atoms with van der Waals surface area (Å²) < 4.78 is 5.29. The predicted octanol–water partition coefficient (Wildman–Crippen LogP) is 3.33. The fourth-order valence-electron chi connectivity index (χ4n) is 2.42. The van der Waals surface area contributed by atoms with E-state index in [1.165, 1.54) is 18.2 Å². The summed E-state index contributed by atoms with van der Waals surface area (Å²) in [6, 6.07) is 12.6. The normalized spacial score (nSPS) is 9.71. The smallest absolute Gasteiger partial charge is 0.279 e. The summed E-state index contributed by atoms with van der Waals surface area (Å²) >= 11 is 0. The van der Waals surface area contributed by atoms with Crippen LogP contribution in [0.2, 0.25) is 0 Å². The molecule has 0 amide bonds. The third-order valence-corrected chi connectivity index (χ3v) is 3.77. The number of nitro groups is 1. The second-order valence-corrected chi connectivity index (χ2v) is 5.47. The van der Waals surface area contributed by atoms with E-state index in [0.717, 1.165) is 0 Å². The number of aromatic nitrogens is 1. The number of nitrogen functional groups attached to an aromatic ring is 2. The number of benzene rings is 2. The zero-order chi connectivity index (χ0) is 18.8. The lowest BCUT2D eigenvalue weighted by Crippen LogP contribution is -2.11. The number of hydrogen-bond donors (Lipinski definition) is 4. The molecule has 28 heavy (non-hydrogen) atoms. The molecule has 0 aliphatic carbocycles. The topological polar surface area (TPSA) is 169 Å². The highest BCUT2D eigenvalue weighted by Gasteiger charge is 2.20. The fraction of sp³-hybridized carbons (Fsp3) is 0. The van der Waals surface area contributed by atoms with Gasteiger partial charge >= 0.3 is 0 Å². The third kappa shape index (κ3) is 4.45. The lowest BCUT2D eigenvalue weighted by Gasteiger charge is -2.02. The van der Waals surface area contributed by atoms with Gasteiger partial charge in [-0.2, -0.15) is 0 Å². The minimum absolute atomic E-state index is 0. The summed E-state index contributed by atoms with van der Waals surface area (Å²) in [5, 5.41) is 30.1. The monoisotopic (exact) mass is 422 g/mol. The Kier molecular flexibility index (Phi) is 7.25. The van der Waals surface area contributed by atoms with Crippen molar-refractivity contribution < 1.29 is 9.45 Å². The van der Waals surface area contributed by atoms with Crippen molar-refractivity contribution in [3.63, 3.8) is 0 Å². The molecule has 1 aromatic heterocycles.